The molecule has 1 fully saturated rings. The standard InChI is InChI=1S/C25H32N2O3S/c1-18(2)20-9-11-23(12-10-20)31(29,30)26-16-13-22(14-17-26)25(28)27-15-5-8-21-7-4-6-19(3)24(21)27/h4,6-7,9-12,18,22H,5,8,13-17H2,1-3H3. The molecule has 0 aliphatic carbocycles. The third-order valence-electron chi connectivity index (χ3n) is 6.67. The van der Waals surface area contributed by atoms with Crippen molar-refractivity contribution in [2.45, 2.75) is 57.3 Å². The minimum Gasteiger partial charge on any atom is -0.312 e. The fourth-order valence-corrected chi connectivity index (χ4v) is 6.27. The molecule has 1 saturated heterocycles. The van der Waals surface area contributed by atoms with Gasteiger partial charge in [0.05, 0.1) is 4.90 Å². The summed E-state index contributed by atoms with van der Waals surface area (Å²) in [4.78, 5) is 15.6. The number of piperidine rings is 1. The van der Waals surface area contributed by atoms with Gasteiger partial charge in [0, 0.05) is 31.2 Å². The highest BCUT2D eigenvalue weighted by Gasteiger charge is 2.35. The Bertz CT molecular complexity index is 1050. The zero-order valence-electron chi connectivity index (χ0n) is 18.7. The van der Waals surface area contributed by atoms with Gasteiger partial charge in [0.1, 0.15) is 0 Å². The molecule has 166 valence electrons. The number of anilines is 1. The lowest BCUT2D eigenvalue weighted by molar-refractivity contribution is -0.123. The number of para-hydroxylation sites is 1. The Balaban J connectivity index is 1.45. The number of aryl methyl sites for hydroxylation is 2. The molecular formula is C25H32N2O3S. The molecule has 2 aliphatic heterocycles. The molecule has 2 aromatic carbocycles. The first kappa shape index (κ1) is 22.0. The van der Waals surface area contributed by atoms with Crippen LogP contribution in [-0.2, 0) is 21.2 Å². The lowest BCUT2D eigenvalue weighted by Crippen LogP contribution is -2.46. The SMILES string of the molecule is Cc1cccc2c1N(C(=O)C1CCN(S(=O)(=O)c3ccc(C(C)C)cc3)CC1)CCC2. The highest BCUT2D eigenvalue weighted by Crippen LogP contribution is 2.34. The van der Waals surface area contributed by atoms with Crippen molar-refractivity contribution in [2.75, 3.05) is 24.5 Å². The van der Waals surface area contributed by atoms with Crippen molar-refractivity contribution in [3.8, 4) is 0 Å². The van der Waals surface area contributed by atoms with E-state index in [1.165, 1.54) is 9.87 Å². The smallest absolute Gasteiger partial charge is 0.243 e. The van der Waals surface area contributed by atoms with Gasteiger partial charge in [0.2, 0.25) is 15.9 Å². The minimum absolute atomic E-state index is 0.125. The summed E-state index contributed by atoms with van der Waals surface area (Å²) in [5.41, 5.74) is 4.57. The average molecular weight is 441 g/mol. The average Bonchev–Trinajstić information content (AvgIpc) is 2.78. The molecule has 0 atom stereocenters. The van der Waals surface area contributed by atoms with Crippen LogP contribution in [0.3, 0.4) is 0 Å². The summed E-state index contributed by atoms with van der Waals surface area (Å²) >= 11 is 0. The quantitative estimate of drug-likeness (QED) is 0.703. The van der Waals surface area contributed by atoms with Gasteiger partial charge in [-0.2, -0.15) is 4.31 Å². The number of benzene rings is 2. The van der Waals surface area contributed by atoms with E-state index in [1.54, 1.807) is 12.1 Å². The highest BCUT2D eigenvalue weighted by molar-refractivity contribution is 7.89. The second kappa shape index (κ2) is 8.75. The number of sulfonamides is 1. The van der Waals surface area contributed by atoms with Gasteiger partial charge in [-0.1, -0.05) is 44.2 Å². The maximum atomic E-state index is 13.4. The second-order valence-corrected chi connectivity index (χ2v) is 11.0. The van der Waals surface area contributed by atoms with Crippen LogP contribution in [0, 0.1) is 12.8 Å². The van der Waals surface area contributed by atoms with Crippen LogP contribution in [0.4, 0.5) is 5.69 Å². The lowest BCUT2D eigenvalue weighted by atomic mass is 9.93. The number of nitrogens with zero attached hydrogens (tertiary/aromatic N) is 2. The van der Waals surface area contributed by atoms with Gasteiger partial charge in [0.15, 0.2) is 0 Å². The molecule has 0 saturated carbocycles. The van der Waals surface area contributed by atoms with Gasteiger partial charge in [-0.05, 0) is 67.3 Å². The van der Waals surface area contributed by atoms with Crippen molar-refractivity contribution in [1.29, 1.82) is 0 Å². The summed E-state index contributed by atoms with van der Waals surface area (Å²) in [6, 6.07) is 13.4. The summed E-state index contributed by atoms with van der Waals surface area (Å²) in [5.74, 6) is 0.385. The normalized spacial score (nSPS) is 18.3. The van der Waals surface area contributed by atoms with E-state index in [2.05, 4.69) is 39.0 Å². The zero-order chi connectivity index (χ0) is 22.2. The molecule has 0 bridgehead atoms. The molecule has 6 heteroatoms. The maximum absolute atomic E-state index is 13.4. The highest BCUT2D eigenvalue weighted by atomic mass is 32.2. The molecule has 31 heavy (non-hydrogen) atoms. The van der Waals surface area contributed by atoms with E-state index in [4.69, 9.17) is 0 Å². The molecule has 0 spiro atoms. The van der Waals surface area contributed by atoms with Gasteiger partial charge >= 0.3 is 0 Å². The second-order valence-electron chi connectivity index (χ2n) is 9.08. The van der Waals surface area contributed by atoms with E-state index in [0.29, 0.717) is 36.7 Å². The third kappa shape index (κ3) is 4.28. The molecule has 2 aliphatic rings. The number of carbonyl (C=O) groups is 1. The van der Waals surface area contributed by atoms with Gasteiger partial charge in [-0.15, -0.1) is 0 Å². The van der Waals surface area contributed by atoms with Crippen LogP contribution in [0.2, 0.25) is 0 Å². The first-order valence-corrected chi connectivity index (χ1v) is 12.7. The lowest BCUT2D eigenvalue weighted by Gasteiger charge is -2.36. The molecular weight excluding hydrogens is 408 g/mol. The summed E-state index contributed by atoms with van der Waals surface area (Å²) in [6.45, 7) is 7.76. The molecule has 4 rings (SSSR count). The molecule has 0 aromatic heterocycles. The van der Waals surface area contributed by atoms with E-state index in [0.717, 1.165) is 36.2 Å². The number of carbonyl (C=O) groups excluding carboxylic acids is 1. The molecule has 1 amide bonds. The summed E-state index contributed by atoms with van der Waals surface area (Å²) in [5, 5.41) is 0. The first-order chi connectivity index (χ1) is 14.8. The number of amides is 1. The van der Waals surface area contributed by atoms with E-state index in [1.807, 2.05) is 17.0 Å². The van der Waals surface area contributed by atoms with Gasteiger partial charge in [-0.25, -0.2) is 8.42 Å². The van der Waals surface area contributed by atoms with Crippen LogP contribution in [-0.4, -0.2) is 38.3 Å². The van der Waals surface area contributed by atoms with E-state index in [9.17, 15) is 13.2 Å². The fourth-order valence-electron chi connectivity index (χ4n) is 4.80. The number of rotatable bonds is 4. The summed E-state index contributed by atoms with van der Waals surface area (Å²) in [6.07, 6.45) is 3.12. The Morgan fingerprint density at radius 1 is 1.00 bits per heavy atom. The molecule has 0 unspecified atom stereocenters. The van der Waals surface area contributed by atoms with Crippen molar-refractivity contribution < 1.29 is 13.2 Å². The summed E-state index contributed by atoms with van der Waals surface area (Å²) < 4.78 is 27.7. The Morgan fingerprint density at radius 2 is 1.68 bits per heavy atom. The van der Waals surface area contributed by atoms with Gasteiger partial charge < -0.3 is 4.90 Å². The Morgan fingerprint density at radius 3 is 2.32 bits per heavy atom. The van der Waals surface area contributed by atoms with Gasteiger partial charge in [-0.3, -0.25) is 4.79 Å². The van der Waals surface area contributed by atoms with Crippen LogP contribution in [0.1, 0.15) is 55.7 Å². The van der Waals surface area contributed by atoms with E-state index < -0.39 is 10.0 Å². The van der Waals surface area contributed by atoms with Crippen molar-refractivity contribution in [2.24, 2.45) is 5.92 Å². The zero-order valence-corrected chi connectivity index (χ0v) is 19.5. The van der Waals surface area contributed by atoms with Crippen LogP contribution >= 0.6 is 0 Å². The Labute approximate surface area is 186 Å². The third-order valence-corrected chi connectivity index (χ3v) is 8.59. The predicted molar refractivity (Wildman–Crippen MR) is 124 cm³/mol. The number of fused-ring (bicyclic) bond motifs is 1. The molecule has 0 radical (unpaired) electrons. The van der Waals surface area contributed by atoms with Gasteiger partial charge in [0.25, 0.3) is 0 Å². The van der Waals surface area contributed by atoms with Crippen LogP contribution in [0.15, 0.2) is 47.4 Å². The topological polar surface area (TPSA) is 57.7 Å². The van der Waals surface area contributed by atoms with Crippen molar-refractivity contribution >= 4 is 21.6 Å². The first-order valence-electron chi connectivity index (χ1n) is 11.3. The fraction of sp³-hybridized carbons (Fsp3) is 0.480. The van der Waals surface area contributed by atoms with Crippen LogP contribution in [0.25, 0.3) is 0 Å². The van der Waals surface area contributed by atoms with Crippen molar-refractivity contribution in [3.63, 3.8) is 0 Å². The largest absolute Gasteiger partial charge is 0.312 e. The van der Waals surface area contributed by atoms with Crippen molar-refractivity contribution in [3.05, 3.63) is 59.2 Å². The molecule has 0 N–H and O–H groups in total. The Kier molecular flexibility index (Phi) is 6.22. The summed E-state index contributed by atoms with van der Waals surface area (Å²) in [7, 11) is -3.53. The maximum Gasteiger partial charge on any atom is 0.243 e. The molecule has 5 nitrogen and oxygen atoms in total. The Hall–Kier alpha value is -2.18. The minimum atomic E-state index is -3.53. The van der Waals surface area contributed by atoms with E-state index >= 15 is 0 Å². The number of hydrogen-bond donors (Lipinski definition) is 0. The van der Waals surface area contributed by atoms with E-state index in [-0.39, 0.29) is 11.8 Å². The molecule has 2 heterocycles. The number of hydrogen-bond acceptors (Lipinski definition) is 3. The predicted octanol–water partition coefficient (Wildman–Crippen LogP) is 4.50. The monoisotopic (exact) mass is 440 g/mol. The van der Waals surface area contributed by atoms with Crippen LogP contribution in [0.5, 0.6) is 0 Å². The van der Waals surface area contributed by atoms with Crippen molar-refractivity contribution in [1.82, 2.24) is 4.31 Å². The molecule has 2 aromatic rings. The van der Waals surface area contributed by atoms with Crippen LogP contribution < -0.4 is 4.90 Å².